The number of hydrogen-bond donors (Lipinski definition) is 1. The normalized spacial score (nSPS) is 10.8. The number of anilines is 2. The van der Waals surface area contributed by atoms with Crippen molar-refractivity contribution in [2.75, 3.05) is 5.32 Å². The number of rotatable bonds is 4. The van der Waals surface area contributed by atoms with Crippen LogP contribution in [-0.4, -0.2) is 0 Å². The lowest BCUT2D eigenvalue weighted by Gasteiger charge is -2.16. The Balaban J connectivity index is 1.62. The highest BCUT2D eigenvalue weighted by Crippen LogP contribution is 2.37. The average molecular weight is 371 g/mol. The number of fused-ring (bicyclic) bond motifs is 1. The second-order valence-electron chi connectivity index (χ2n) is 7.14. The van der Waals surface area contributed by atoms with Gasteiger partial charge in [-0.25, -0.2) is 0 Å². The molecule has 1 nitrogen and oxygen atoms in total. The summed E-state index contributed by atoms with van der Waals surface area (Å²) in [6.07, 6.45) is 0. The zero-order valence-electron chi connectivity index (χ0n) is 16.0. The van der Waals surface area contributed by atoms with E-state index in [0.29, 0.717) is 0 Å². The van der Waals surface area contributed by atoms with Gasteiger partial charge in [-0.15, -0.1) is 0 Å². The highest BCUT2D eigenvalue weighted by Gasteiger charge is 2.10. The second kappa shape index (κ2) is 7.65. The molecule has 0 bridgehead atoms. The molecule has 0 amide bonds. The number of benzene rings is 5. The molecular weight excluding hydrogens is 350 g/mol. The Hall–Kier alpha value is -3.84. The first-order valence-electron chi connectivity index (χ1n) is 9.88. The smallest absolute Gasteiger partial charge is 0.0543 e. The van der Waals surface area contributed by atoms with Crippen molar-refractivity contribution in [2.45, 2.75) is 0 Å². The molecule has 29 heavy (non-hydrogen) atoms. The summed E-state index contributed by atoms with van der Waals surface area (Å²) in [7, 11) is 0. The Kier molecular flexibility index (Phi) is 4.56. The lowest BCUT2D eigenvalue weighted by molar-refractivity contribution is 1.55. The maximum Gasteiger partial charge on any atom is 0.0543 e. The van der Waals surface area contributed by atoms with Gasteiger partial charge in [-0.1, -0.05) is 109 Å². The van der Waals surface area contributed by atoms with Gasteiger partial charge in [-0.05, 0) is 34.2 Å². The van der Waals surface area contributed by atoms with Gasteiger partial charge < -0.3 is 5.32 Å². The molecule has 1 heteroatoms. The minimum absolute atomic E-state index is 1.09. The van der Waals surface area contributed by atoms with E-state index in [1.165, 1.54) is 33.0 Å². The van der Waals surface area contributed by atoms with Crippen LogP contribution in [-0.2, 0) is 0 Å². The van der Waals surface area contributed by atoms with Crippen molar-refractivity contribution in [2.24, 2.45) is 0 Å². The summed E-state index contributed by atoms with van der Waals surface area (Å²) in [6, 6.07) is 42.6. The van der Waals surface area contributed by atoms with Crippen molar-refractivity contribution in [1.29, 1.82) is 0 Å². The third kappa shape index (κ3) is 3.51. The zero-order valence-corrected chi connectivity index (χ0v) is 16.0. The van der Waals surface area contributed by atoms with Gasteiger partial charge in [0, 0.05) is 16.6 Å². The Morgan fingerprint density at radius 2 is 1.00 bits per heavy atom. The van der Waals surface area contributed by atoms with E-state index < -0.39 is 0 Å². The molecule has 0 aliphatic heterocycles. The quantitative estimate of drug-likeness (QED) is 0.338. The number of para-hydroxylation sites is 1. The van der Waals surface area contributed by atoms with Crippen LogP contribution in [0.1, 0.15) is 0 Å². The van der Waals surface area contributed by atoms with Gasteiger partial charge in [-0.2, -0.15) is 0 Å². The van der Waals surface area contributed by atoms with E-state index in [0.717, 1.165) is 11.4 Å². The maximum absolute atomic E-state index is 3.66. The summed E-state index contributed by atoms with van der Waals surface area (Å²) in [6.45, 7) is 0. The molecule has 0 aliphatic carbocycles. The lowest BCUT2D eigenvalue weighted by Crippen LogP contribution is -1.95. The van der Waals surface area contributed by atoms with Crippen LogP contribution >= 0.6 is 0 Å². The Morgan fingerprint density at radius 3 is 1.76 bits per heavy atom. The van der Waals surface area contributed by atoms with Crippen molar-refractivity contribution in [3.63, 3.8) is 0 Å². The lowest BCUT2D eigenvalue weighted by atomic mass is 9.96. The second-order valence-corrected chi connectivity index (χ2v) is 7.14. The van der Waals surface area contributed by atoms with Gasteiger partial charge in [0.2, 0.25) is 0 Å². The third-order valence-electron chi connectivity index (χ3n) is 5.28. The molecule has 0 radical (unpaired) electrons. The molecule has 0 unspecified atom stereocenters. The van der Waals surface area contributed by atoms with Crippen LogP contribution in [0.25, 0.3) is 33.0 Å². The molecule has 0 saturated heterocycles. The molecule has 138 valence electrons. The zero-order chi connectivity index (χ0) is 19.5. The SMILES string of the molecule is c1ccc(Nc2c(-c3ccc(-c4ccccc4)cc3)ccc3ccccc23)cc1. The van der Waals surface area contributed by atoms with Gasteiger partial charge >= 0.3 is 0 Å². The van der Waals surface area contributed by atoms with Crippen LogP contribution in [0.4, 0.5) is 11.4 Å². The summed E-state index contributed by atoms with van der Waals surface area (Å²) in [5.41, 5.74) is 7.10. The predicted molar refractivity (Wildman–Crippen MR) is 125 cm³/mol. The van der Waals surface area contributed by atoms with Gasteiger partial charge in [0.05, 0.1) is 5.69 Å². The third-order valence-corrected chi connectivity index (χ3v) is 5.28. The van der Waals surface area contributed by atoms with E-state index in [1.54, 1.807) is 0 Å². The van der Waals surface area contributed by atoms with Crippen LogP contribution < -0.4 is 5.32 Å². The topological polar surface area (TPSA) is 12.0 Å². The highest BCUT2D eigenvalue weighted by atomic mass is 14.9. The van der Waals surface area contributed by atoms with E-state index in [9.17, 15) is 0 Å². The standard InChI is InChI=1S/C28H21N/c1-3-9-21(10-4-1)22-15-17-24(18-16-22)27-20-19-23-11-7-8-14-26(23)28(27)29-25-12-5-2-6-13-25/h1-20,29H. The van der Waals surface area contributed by atoms with E-state index in [4.69, 9.17) is 0 Å². The van der Waals surface area contributed by atoms with E-state index in [2.05, 4.69) is 121 Å². The monoisotopic (exact) mass is 371 g/mol. The molecule has 5 rings (SSSR count). The van der Waals surface area contributed by atoms with Crippen molar-refractivity contribution < 1.29 is 0 Å². The van der Waals surface area contributed by atoms with E-state index in [1.807, 2.05) is 6.07 Å². The van der Waals surface area contributed by atoms with Gasteiger partial charge in [0.25, 0.3) is 0 Å². The molecule has 5 aromatic carbocycles. The van der Waals surface area contributed by atoms with Crippen molar-refractivity contribution in [3.8, 4) is 22.3 Å². The molecule has 0 spiro atoms. The van der Waals surface area contributed by atoms with E-state index >= 15 is 0 Å². The van der Waals surface area contributed by atoms with Gasteiger partial charge in [-0.3, -0.25) is 0 Å². The van der Waals surface area contributed by atoms with Crippen LogP contribution in [0.5, 0.6) is 0 Å². The minimum Gasteiger partial charge on any atom is -0.355 e. The first-order chi connectivity index (χ1) is 14.4. The summed E-state index contributed by atoms with van der Waals surface area (Å²) in [4.78, 5) is 0. The molecule has 0 atom stereocenters. The first kappa shape index (κ1) is 17.3. The molecule has 0 aliphatic rings. The van der Waals surface area contributed by atoms with Gasteiger partial charge in [0.15, 0.2) is 0 Å². The molecule has 1 N–H and O–H groups in total. The van der Waals surface area contributed by atoms with Crippen molar-refractivity contribution in [1.82, 2.24) is 0 Å². The fraction of sp³-hybridized carbons (Fsp3) is 0. The van der Waals surface area contributed by atoms with Crippen molar-refractivity contribution >= 4 is 22.1 Å². The maximum atomic E-state index is 3.66. The first-order valence-corrected chi connectivity index (χ1v) is 9.88. The number of hydrogen-bond acceptors (Lipinski definition) is 1. The number of nitrogens with one attached hydrogen (secondary N) is 1. The van der Waals surface area contributed by atoms with E-state index in [-0.39, 0.29) is 0 Å². The van der Waals surface area contributed by atoms with Crippen LogP contribution in [0.2, 0.25) is 0 Å². The molecule has 0 saturated carbocycles. The fourth-order valence-corrected chi connectivity index (χ4v) is 3.79. The molecular formula is C28H21N. The van der Waals surface area contributed by atoms with Crippen LogP contribution in [0.3, 0.4) is 0 Å². The molecule has 0 heterocycles. The highest BCUT2D eigenvalue weighted by molar-refractivity contribution is 6.03. The average Bonchev–Trinajstić information content (AvgIpc) is 2.81. The Bertz CT molecular complexity index is 1240. The summed E-state index contributed by atoms with van der Waals surface area (Å²) >= 11 is 0. The predicted octanol–water partition coefficient (Wildman–Crippen LogP) is 7.92. The fourth-order valence-electron chi connectivity index (χ4n) is 3.79. The molecule has 5 aromatic rings. The summed E-state index contributed by atoms with van der Waals surface area (Å²) in [5.74, 6) is 0. The van der Waals surface area contributed by atoms with Gasteiger partial charge in [0.1, 0.15) is 0 Å². The van der Waals surface area contributed by atoms with Crippen molar-refractivity contribution in [3.05, 3.63) is 121 Å². The summed E-state index contributed by atoms with van der Waals surface area (Å²) in [5, 5.41) is 6.12. The Labute approximate surface area is 171 Å². The Morgan fingerprint density at radius 1 is 0.414 bits per heavy atom. The molecule has 0 aromatic heterocycles. The minimum atomic E-state index is 1.09. The van der Waals surface area contributed by atoms with Crippen LogP contribution in [0, 0.1) is 0 Å². The summed E-state index contributed by atoms with van der Waals surface area (Å²) < 4.78 is 0. The van der Waals surface area contributed by atoms with Crippen LogP contribution in [0.15, 0.2) is 121 Å². The molecule has 0 fully saturated rings. The largest absolute Gasteiger partial charge is 0.355 e.